The Hall–Kier alpha value is -1.64. The Morgan fingerprint density at radius 2 is 2.00 bits per heavy atom. The fourth-order valence-corrected chi connectivity index (χ4v) is 1.80. The molecule has 0 saturated carbocycles. The molecule has 0 saturated heterocycles. The molecule has 1 unspecified atom stereocenters. The number of alkyl halides is 4. The van der Waals surface area contributed by atoms with Gasteiger partial charge in [0.05, 0.1) is 0 Å². The maximum atomic E-state index is 12.7. The summed E-state index contributed by atoms with van der Waals surface area (Å²) in [6.45, 7) is 0. The molecule has 9 heteroatoms. The molecule has 0 radical (unpaired) electrons. The van der Waals surface area contributed by atoms with Gasteiger partial charge in [-0.15, -0.1) is 11.3 Å². The number of thiophene rings is 1. The molecule has 0 aliphatic heterocycles. The van der Waals surface area contributed by atoms with Gasteiger partial charge in [-0.05, 0) is 11.4 Å². The molecule has 1 aromatic heterocycles. The van der Waals surface area contributed by atoms with E-state index in [9.17, 15) is 27.2 Å². The summed E-state index contributed by atoms with van der Waals surface area (Å²) in [7, 11) is 0. The minimum Gasteiger partial charge on any atom is -0.479 e. The second kappa shape index (κ2) is 5.34. The number of hydrogen-bond donors (Lipinski definition) is 2. The average Bonchev–Trinajstić information content (AvgIpc) is 2.77. The molecule has 0 aliphatic carbocycles. The van der Waals surface area contributed by atoms with E-state index in [1.807, 2.05) is 0 Å². The van der Waals surface area contributed by atoms with Crippen LogP contribution in [-0.2, 0) is 9.59 Å². The molecule has 1 heterocycles. The molecule has 100 valence electrons. The van der Waals surface area contributed by atoms with Crippen LogP contribution in [0.3, 0.4) is 0 Å². The Bertz CT molecular complexity index is 435. The summed E-state index contributed by atoms with van der Waals surface area (Å²) in [4.78, 5) is 21.8. The van der Waals surface area contributed by atoms with Crippen LogP contribution in [-0.4, -0.2) is 29.3 Å². The van der Waals surface area contributed by atoms with E-state index in [1.54, 1.807) is 0 Å². The molecule has 0 aromatic carbocycles. The molecule has 1 atom stereocenters. The van der Waals surface area contributed by atoms with E-state index < -0.39 is 30.3 Å². The van der Waals surface area contributed by atoms with Crippen LogP contribution in [0.2, 0.25) is 0 Å². The number of carbonyl (C=O) groups is 2. The number of nitrogens with one attached hydrogen (secondary N) is 1. The van der Waals surface area contributed by atoms with Crippen molar-refractivity contribution in [2.24, 2.45) is 0 Å². The number of aliphatic carboxylic acids is 1. The third-order valence-electron chi connectivity index (χ3n) is 1.93. The van der Waals surface area contributed by atoms with E-state index in [1.165, 1.54) is 22.8 Å². The van der Waals surface area contributed by atoms with Crippen molar-refractivity contribution in [2.75, 3.05) is 0 Å². The van der Waals surface area contributed by atoms with Crippen molar-refractivity contribution in [1.29, 1.82) is 0 Å². The molecule has 1 amide bonds. The molecular weight excluding hydrogens is 278 g/mol. The van der Waals surface area contributed by atoms with Crippen LogP contribution in [0.4, 0.5) is 17.6 Å². The van der Waals surface area contributed by atoms with Gasteiger partial charge >= 0.3 is 18.3 Å². The highest BCUT2D eigenvalue weighted by molar-refractivity contribution is 7.10. The number of amides is 1. The standard InChI is InChI=1S/C9H7F4NO3S/c10-7(11)9(12,13)8(17)14-5(6(15)16)4-2-1-3-18-4/h1-3,5,7H,(H,14,17)(H,15,16). The van der Waals surface area contributed by atoms with E-state index >= 15 is 0 Å². The molecule has 2 N–H and O–H groups in total. The minimum atomic E-state index is -4.93. The van der Waals surface area contributed by atoms with Crippen LogP contribution < -0.4 is 5.32 Å². The maximum absolute atomic E-state index is 12.7. The van der Waals surface area contributed by atoms with E-state index in [4.69, 9.17) is 5.11 Å². The predicted molar refractivity (Wildman–Crippen MR) is 53.8 cm³/mol. The zero-order chi connectivity index (χ0) is 13.9. The molecule has 0 fully saturated rings. The Labute approximate surface area is 102 Å². The lowest BCUT2D eigenvalue weighted by Crippen LogP contribution is -2.47. The lowest BCUT2D eigenvalue weighted by atomic mass is 10.2. The van der Waals surface area contributed by atoms with Crippen molar-refractivity contribution in [1.82, 2.24) is 5.32 Å². The molecule has 0 spiro atoms. The van der Waals surface area contributed by atoms with Gasteiger partial charge in [-0.1, -0.05) is 6.07 Å². The van der Waals surface area contributed by atoms with Gasteiger partial charge in [-0.2, -0.15) is 8.78 Å². The number of carbonyl (C=O) groups excluding carboxylic acids is 1. The van der Waals surface area contributed by atoms with Crippen molar-refractivity contribution in [3.05, 3.63) is 22.4 Å². The lowest BCUT2D eigenvalue weighted by Gasteiger charge is -2.18. The Kier molecular flexibility index (Phi) is 4.28. The van der Waals surface area contributed by atoms with Crippen molar-refractivity contribution in [3.63, 3.8) is 0 Å². The largest absolute Gasteiger partial charge is 0.479 e. The third-order valence-corrected chi connectivity index (χ3v) is 2.86. The number of halogens is 4. The summed E-state index contributed by atoms with van der Waals surface area (Å²) in [5.74, 6) is -8.86. The van der Waals surface area contributed by atoms with E-state index in [0.29, 0.717) is 0 Å². The summed E-state index contributed by atoms with van der Waals surface area (Å²) < 4.78 is 49.1. The van der Waals surface area contributed by atoms with Crippen LogP contribution in [0.25, 0.3) is 0 Å². The number of carboxylic acids is 1. The molecule has 4 nitrogen and oxygen atoms in total. The summed E-state index contributed by atoms with van der Waals surface area (Å²) >= 11 is 0.892. The van der Waals surface area contributed by atoms with Crippen molar-refractivity contribution in [2.45, 2.75) is 18.4 Å². The first-order chi connectivity index (χ1) is 8.26. The van der Waals surface area contributed by atoms with Gasteiger partial charge in [0.25, 0.3) is 5.91 Å². The fourth-order valence-electron chi connectivity index (χ4n) is 1.04. The third kappa shape index (κ3) is 2.97. The predicted octanol–water partition coefficient (Wildman–Crippen LogP) is 1.89. The number of rotatable bonds is 5. The average molecular weight is 285 g/mol. The van der Waals surface area contributed by atoms with Gasteiger partial charge in [0, 0.05) is 4.88 Å². The highest BCUT2D eigenvalue weighted by Gasteiger charge is 2.50. The maximum Gasteiger partial charge on any atom is 0.383 e. The van der Waals surface area contributed by atoms with Gasteiger partial charge in [0.2, 0.25) is 0 Å². The van der Waals surface area contributed by atoms with E-state index in [-0.39, 0.29) is 4.88 Å². The SMILES string of the molecule is O=C(O)C(NC(=O)C(F)(F)C(F)F)c1cccs1. The fraction of sp³-hybridized carbons (Fsp3) is 0.333. The molecule has 1 rings (SSSR count). The van der Waals surface area contributed by atoms with Gasteiger partial charge in [0.1, 0.15) is 0 Å². The quantitative estimate of drug-likeness (QED) is 0.812. The van der Waals surface area contributed by atoms with Crippen LogP contribution in [0.5, 0.6) is 0 Å². The summed E-state index contributed by atoms with van der Waals surface area (Å²) in [6, 6.07) is 0.944. The first-order valence-electron chi connectivity index (χ1n) is 4.50. The van der Waals surface area contributed by atoms with Gasteiger partial charge < -0.3 is 10.4 Å². The van der Waals surface area contributed by atoms with Crippen molar-refractivity contribution < 1.29 is 32.3 Å². The monoisotopic (exact) mass is 285 g/mol. The molecule has 0 bridgehead atoms. The zero-order valence-corrected chi connectivity index (χ0v) is 9.39. The summed E-state index contributed by atoms with van der Waals surface area (Å²) in [5, 5.41) is 11.6. The lowest BCUT2D eigenvalue weighted by molar-refractivity contribution is -0.171. The van der Waals surface area contributed by atoms with Crippen LogP contribution in [0.1, 0.15) is 10.9 Å². The zero-order valence-electron chi connectivity index (χ0n) is 8.57. The van der Waals surface area contributed by atoms with Crippen LogP contribution in [0, 0.1) is 0 Å². The molecule has 0 aliphatic rings. The highest BCUT2D eigenvalue weighted by Crippen LogP contribution is 2.25. The molecular formula is C9H7F4NO3S. The Morgan fingerprint density at radius 3 is 2.39 bits per heavy atom. The first kappa shape index (κ1) is 14.4. The topological polar surface area (TPSA) is 66.4 Å². The summed E-state index contributed by atoms with van der Waals surface area (Å²) in [5.41, 5.74) is 0. The second-order valence-electron chi connectivity index (χ2n) is 3.18. The molecule has 18 heavy (non-hydrogen) atoms. The van der Waals surface area contributed by atoms with Gasteiger partial charge in [0.15, 0.2) is 6.04 Å². The van der Waals surface area contributed by atoms with E-state index in [0.717, 1.165) is 11.3 Å². The number of hydrogen-bond acceptors (Lipinski definition) is 3. The van der Waals surface area contributed by atoms with Gasteiger partial charge in [-0.25, -0.2) is 13.6 Å². The van der Waals surface area contributed by atoms with Gasteiger partial charge in [-0.3, -0.25) is 4.79 Å². The Balaban J connectivity index is 2.87. The van der Waals surface area contributed by atoms with E-state index in [2.05, 4.69) is 0 Å². The normalized spacial score (nSPS) is 13.4. The van der Waals surface area contributed by atoms with Crippen LogP contribution >= 0.6 is 11.3 Å². The highest BCUT2D eigenvalue weighted by atomic mass is 32.1. The Morgan fingerprint density at radius 1 is 1.39 bits per heavy atom. The summed E-state index contributed by atoms with van der Waals surface area (Å²) in [6.07, 6.45) is -4.20. The first-order valence-corrected chi connectivity index (χ1v) is 5.38. The number of carboxylic acid groups (broad SMARTS) is 1. The second-order valence-corrected chi connectivity index (χ2v) is 4.16. The molecule has 1 aromatic rings. The van der Waals surface area contributed by atoms with Crippen LogP contribution in [0.15, 0.2) is 17.5 Å². The smallest absolute Gasteiger partial charge is 0.383 e. The van der Waals surface area contributed by atoms with Crippen molar-refractivity contribution >= 4 is 23.2 Å². The minimum absolute atomic E-state index is 0.0564. The van der Waals surface area contributed by atoms with Crippen molar-refractivity contribution in [3.8, 4) is 0 Å².